The third-order valence-corrected chi connectivity index (χ3v) is 7.61. The number of piperazine rings is 1. The molecule has 1 fully saturated rings. The second-order valence-electron chi connectivity index (χ2n) is 10.9. The zero-order chi connectivity index (χ0) is 30.4. The summed E-state index contributed by atoms with van der Waals surface area (Å²) in [6, 6.07) is 1.98. The minimum absolute atomic E-state index is 0.0101. The fourth-order valence-corrected chi connectivity index (χ4v) is 4.96. The second-order valence-corrected chi connectivity index (χ2v) is 10.9. The first-order valence-corrected chi connectivity index (χ1v) is 13.7. The summed E-state index contributed by atoms with van der Waals surface area (Å²) in [6.45, 7) is 2.98. The molecule has 0 radical (unpaired) electrons. The Hall–Kier alpha value is -3.74. The normalized spacial score (nSPS) is 21.1. The van der Waals surface area contributed by atoms with Gasteiger partial charge in [0.1, 0.15) is 24.2 Å². The molecule has 2 heterocycles. The Morgan fingerprint density at radius 1 is 1.05 bits per heavy atom. The molecule has 226 valence electrons. The van der Waals surface area contributed by atoms with Crippen molar-refractivity contribution in [3.8, 4) is 5.75 Å². The van der Waals surface area contributed by atoms with Crippen LogP contribution < -0.4 is 4.74 Å². The molecule has 3 rings (SSSR count). The number of benzene rings is 1. The van der Waals surface area contributed by atoms with Gasteiger partial charge in [0.25, 0.3) is 5.91 Å². The van der Waals surface area contributed by atoms with Crippen LogP contribution in [0.4, 0.5) is 4.39 Å². The van der Waals surface area contributed by atoms with Gasteiger partial charge >= 0.3 is 0 Å². The van der Waals surface area contributed by atoms with Gasteiger partial charge in [0.05, 0.1) is 18.2 Å². The van der Waals surface area contributed by atoms with Crippen molar-refractivity contribution >= 4 is 29.5 Å². The van der Waals surface area contributed by atoms with Crippen molar-refractivity contribution in [2.24, 2.45) is 0 Å². The molecule has 2 aliphatic heterocycles. The molecular weight excluding hydrogens is 535 g/mol. The number of hydrogen-bond donors (Lipinski definition) is 0. The third kappa shape index (κ3) is 7.93. The van der Waals surface area contributed by atoms with E-state index in [0.29, 0.717) is 19.6 Å². The van der Waals surface area contributed by atoms with E-state index < -0.39 is 23.8 Å². The smallest absolute Gasteiger partial charge is 0.258 e. The Balaban J connectivity index is 1.99. The van der Waals surface area contributed by atoms with Crippen molar-refractivity contribution < 1.29 is 33.1 Å². The number of nitrogens with zero attached hydrogens (tertiary/aromatic N) is 6. The Bertz CT molecular complexity index is 1160. The second kappa shape index (κ2) is 13.7. The first kappa shape index (κ1) is 31.8. The van der Waals surface area contributed by atoms with Crippen LogP contribution in [0, 0.1) is 5.82 Å². The molecule has 2 atom stereocenters. The van der Waals surface area contributed by atoms with Gasteiger partial charge < -0.3 is 34.1 Å². The maximum Gasteiger partial charge on any atom is 0.258 e. The van der Waals surface area contributed by atoms with Gasteiger partial charge in [-0.25, -0.2) is 4.39 Å². The number of hydrogen-bond acceptors (Lipinski definition) is 7. The first-order chi connectivity index (χ1) is 19.3. The number of amides is 5. The Kier molecular flexibility index (Phi) is 10.7. The lowest BCUT2D eigenvalue weighted by atomic mass is 10.1. The van der Waals surface area contributed by atoms with E-state index in [-0.39, 0.29) is 74.0 Å². The summed E-state index contributed by atoms with van der Waals surface area (Å²) in [4.78, 5) is 74.8. The van der Waals surface area contributed by atoms with Crippen LogP contribution in [-0.4, -0.2) is 152 Å². The molecule has 0 unspecified atom stereocenters. The minimum atomic E-state index is -1.01. The SMILES string of the molecule is CC(=O)N1CCN2C(=O)CN(C)C(=O)CC[C@@H](C(=O)N(C)CCN(C)C)N(C)C(=O)c3cc(F)ccc3OC[C@@H]2C1. The highest BCUT2D eigenvalue weighted by atomic mass is 19.1. The van der Waals surface area contributed by atoms with Crippen LogP contribution in [-0.2, 0) is 19.2 Å². The summed E-state index contributed by atoms with van der Waals surface area (Å²) in [5, 5.41) is 0. The molecule has 13 heteroatoms. The summed E-state index contributed by atoms with van der Waals surface area (Å²) in [5.41, 5.74) is -0.0864. The van der Waals surface area contributed by atoms with Crippen LogP contribution in [0.25, 0.3) is 0 Å². The molecular formula is C28H41FN6O6. The van der Waals surface area contributed by atoms with E-state index in [1.165, 1.54) is 41.8 Å². The summed E-state index contributed by atoms with van der Waals surface area (Å²) in [6.07, 6.45) is -0.0798. The van der Waals surface area contributed by atoms with Crippen molar-refractivity contribution in [2.45, 2.75) is 31.8 Å². The topological polar surface area (TPSA) is 114 Å². The molecule has 1 aromatic rings. The average Bonchev–Trinajstić information content (AvgIpc) is 2.93. The van der Waals surface area contributed by atoms with Gasteiger partial charge in [-0.05, 0) is 38.7 Å². The molecule has 12 nitrogen and oxygen atoms in total. The van der Waals surface area contributed by atoms with Gasteiger partial charge in [0.2, 0.25) is 23.6 Å². The van der Waals surface area contributed by atoms with Crippen molar-refractivity contribution in [2.75, 3.05) is 81.1 Å². The lowest BCUT2D eigenvalue weighted by Crippen LogP contribution is -2.59. The van der Waals surface area contributed by atoms with Gasteiger partial charge in [-0.15, -0.1) is 0 Å². The number of carbonyl (C=O) groups is 5. The lowest BCUT2D eigenvalue weighted by molar-refractivity contribution is -0.146. The number of likely N-dealkylation sites (N-methyl/N-ethyl adjacent to an activating group) is 4. The van der Waals surface area contributed by atoms with E-state index in [4.69, 9.17) is 4.74 Å². The van der Waals surface area contributed by atoms with Crippen LogP contribution >= 0.6 is 0 Å². The zero-order valence-corrected chi connectivity index (χ0v) is 24.8. The van der Waals surface area contributed by atoms with E-state index >= 15 is 0 Å². The molecule has 0 bridgehead atoms. The summed E-state index contributed by atoms with van der Waals surface area (Å²) in [5.74, 6) is -2.39. The highest BCUT2D eigenvalue weighted by Crippen LogP contribution is 2.25. The number of ether oxygens (including phenoxy) is 1. The van der Waals surface area contributed by atoms with Crippen molar-refractivity contribution in [1.82, 2.24) is 29.4 Å². The van der Waals surface area contributed by atoms with Crippen LogP contribution in [0.1, 0.15) is 30.1 Å². The summed E-state index contributed by atoms with van der Waals surface area (Å²) in [7, 11) is 8.35. The van der Waals surface area contributed by atoms with Crippen molar-refractivity contribution in [3.63, 3.8) is 0 Å². The lowest BCUT2D eigenvalue weighted by Gasteiger charge is -2.41. The predicted molar refractivity (Wildman–Crippen MR) is 149 cm³/mol. The zero-order valence-electron chi connectivity index (χ0n) is 24.8. The molecule has 0 N–H and O–H groups in total. The molecule has 0 saturated carbocycles. The fourth-order valence-electron chi connectivity index (χ4n) is 4.96. The van der Waals surface area contributed by atoms with Gasteiger partial charge in [-0.3, -0.25) is 24.0 Å². The Morgan fingerprint density at radius 2 is 1.76 bits per heavy atom. The number of carbonyl (C=O) groups excluding carboxylic acids is 5. The van der Waals surface area contributed by atoms with E-state index in [1.54, 1.807) is 16.8 Å². The highest BCUT2D eigenvalue weighted by Gasteiger charge is 2.35. The average molecular weight is 577 g/mol. The monoisotopic (exact) mass is 576 g/mol. The van der Waals surface area contributed by atoms with Gasteiger partial charge in [0, 0.05) is 67.2 Å². The number of rotatable bonds is 4. The minimum Gasteiger partial charge on any atom is -0.491 e. The van der Waals surface area contributed by atoms with Crippen molar-refractivity contribution in [3.05, 3.63) is 29.6 Å². The quantitative estimate of drug-likeness (QED) is 0.495. The third-order valence-electron chi connectivity index (χ3n) is 7.61. The number of halogens is 1. The fraction of sp³-hybridized carbons (Fsp3) is 0.607. The summed E-state index contributed by atoms with van der Waals surface area (Å²) < 4.78 is 20.4. The van der Waals surface area contributed by atoms with Gasteiger partial charge in [-0.1, -0.05) is 0 Å². The molecule has 1 aromatic carbocycles. The number of fused-ring (bicyclic) bond motifs is 2. The molecule has 2 aliphatic rings. The van der Waals surface area contributed by atoms with Crippen LogP contribution in [0.5, 0.6) is 5.75 Å². The maximum atomic E-state index is 14.4. The standard InChI is InChI=1S/C28H41FN6O6/c1-19(36)34-13-14-35-21(16-34)18-41-24-9-7-20(29)15-22(24)27(39)33(6)23(28(40)31(4)12-11-30(2)3)8-10-25(37)32(5)17-26(35)38/h7,9,15,21,23H,8,10-14,16-18H2,1-6H3/t21-,23-/m0/s1. The van der Waals surface area contributed by atoms with Gasteiger partial charge in [-0.2, -0.15) is 0 Å². The van der Waals surface area contributed by atoms with Crippen molar-refractivity contribution in [1.29, 1.82) is 0 Å². The molecule has 1 saturated heterocycles. The largest absolute Gasteiger partial charge is 0.491 e. The molecule has 41 heavy (non-hydrogen) atoms. The van der Waals surface area contributed by atoms with Crippen LogP contribution in [0.3, 0.4) is 0 Å². The summed E-state index contributed by atoms with van der Waals surface area (Å²) >= 11 is 0. The van der Waals surface area contributed by atoms with Crippen LogP contribution in [0.2, 0.25) is 0 Å². The van der Waals surface area contributed by atoms with E-state index in [1.807, 2.05) is 19.0 Å². The van der Waals surface area contributed by atoms with Crippen LogP contribution in [0.15, 0.2) is 18.2 Å². The Labute approximate surface area is 240 Å². The van der Waals surface area contributed by atoms with E-state index in [9.17, 15) is 28.4 Å². The predicted octanol–water partition coefficient (Wildman–Crippen LogP) is -0.0234. The molecule has 0 spiro atoms. The molecule has 5 amide bonds. The van der Waals surface area contributed by atoms with E-state index in [2.05, 4.69) is 0 Å². The molecule has 0 aromatic heterocycles. The maximum absolute atomic E-state index is 14.4. The first-order valence-electron chi connectivity index (χ1n) is 13.7. The molecule has 0 aliphatic carbocycles. The highest BCUT2D eigenvalue weighted by molar-refractivity contribution is 5.99. The Morgan fingerprint density at radius 3 is 2.41 bits per heavy atom. The van der Waals surface area contributed by atoms with E-state index in [0.717, 1.165) is 12.1 Å². The van der Waals surface area contributed by atoms with Gasteiger partial charge in [0.15, 0.2) is 0 Å².